The van der Waals surface area contributed by atoms with Gasteiger partial charge in [0.05, 0.1) is 38.1 Å². The molecule has 0 N–H and O–H groups in total. The molecule has 0 radical (unpaired) electrons. The maximum Gasteiger partial charge on any atom is 0.0867 e. The molecule has 0 aromatic heterocycles. The highest BCUT2D eigenvalue weighted by molar-refractivity contribution is 5.23. The van der Waals surface area contributed by atoms with Crippen LogP contribution in [0.2, 0.25) is 0 Å². The average Bonchev–Trinajstić information content (AvgIpc) is 2.81. The highest BCUT2D eigenvalue weighted by Crippen LogP contribution is 2.33. The van der Waals surface area contributed by atoms with Gasteiger partial charge in [0.2, 0.25) is 0 Å². The molecule has 2 aromatic carbocycles. The normalized spacial score (nSPS) is 25.3. The van der Waals surface area contributed by atoms with Gasteiger partial charge in [0.15, 0.2) is 0 Å². The lowest BCUT2D eigenvalue weighted by Gasteiger charge is -2.43. The number of rotatable bonds is 11. The second-order valence-electron chi connectivity index (χ2n) is 8.70. The molecule has 0 saturated carbocycles. The minimum atomic E-state index is 0.0384. The van der Waals surface area contributed by atoms with Crippen LogP contribution < -0.4 is 0 Å². The largest absolute Gasteiger partial charge is 0.378 e. The van der Waals surface area contributed by atoms with Gasteiger partial charge in [0.1, 0.15) is 0 Å². The van der Waals surface area contributed by atoms with E-state index in [0.717, 1.165) is 12.8 Å². The summed E-state index contributed by atoms with van der Waals surface area (Å²) in [7, 11) is 0. The molecule has 1 heterocycles. The molecule has 3 unspecified atom stereocenters. The summed E-state index contributed by atoms with van der Waals surface area (Å²) < 4.78 is 18.5. The molecule has 2 aromatic rings. The smallest absolute Gasteiger partial charge is 0.0867 e. The van der Waals surface area contributed by atoms with Gasteiger partial charge in [-0.3, -0.25) is 0 Å². The second-order valence-corrected chi connectivity index (χ2v) is 8.70. The van der Waals surface area contributed by atoms with Crippen molar-refractivity contribution in [1.82, 2.24) is 0 Å². The maximum atomic E-state index is 8.36. The molecule has 0 amide bonds. The van der Waals surface area contributed by atoms with Crippen molar-refractivity contribution in [1.29, 1.82) is 0 Å². The van der Waals surface area contributed by atoms with E-state index in [9.17, 15) is 0 Å². The molecule has 5 atom stereocenters. The molecule has 0 bridgehead atoms. The molecule has 0 aliphatic carbocycles. The summed E-state index contributed by atoms with van der Waals surface area (Å²) in [6.45, 7) is 8.98. The minimum absolute atomic E-state index is 0.0384. The molecule has 6 heteroatoms. The first-order valence-corrected chi connectivity index (χ1v) is 11.6. The van der Waals surface area contributed by atoms with E-state index in [1.807, 2.05) is 18.2 Å². The number of benzene rings is 2. The molecule has 1 fully saturated rings. The van der Waals surface area contributed by atoms with Crippen LogP contribution in [0.3, 0.4) is 0 Å². The Labute approximate surface area is 191 Å². The van der Waals surface area contributed by atoms with E-state index in [2.05, 4.69) is 67.2 Å². The first-order chi connectivity index (χ1) is 15.6. The lowest BCUT2D eigenvalue weighted by Crippen LogP contribution is -2.50. The second kappa shape index (κ2) is 12.6. The summed E-state index contributed by atoms with van der Waals surface area (Å²) in [6, 6.07) is 18.7. The van der Waals surface area contributed by atoms with E-state index >= 15 is 0 Å². The van der Waals surface area contributed by atoms with Crippen molar-refractivity contribution in [3.05, 3.63) is 81.7 Å². The van der Waals surface area contributed by atoms with Gasteiger partial charge in [-0.1, -0.05) is 73.6 Å². The summed E-state index contributed by atoms with van der Waals surface area (Å²) in [5, 5.41) is 3.58. The summed E-state index contributed by atoms with van der Waals surface area (Å²) in [5.74, 6) is 0.760. The van der Waals surface area contributed by atoms with E-state index < -0.39 is 0 Å². The highest BCUT2D eigenvalue weighted by Gasteiger charge is 2.40. The van der Waals surface area contributed by atoms with Crippen molar-refractivity contribution < 1.29 is 14.2 Å². The van der Waals surface area contributed by atoms with Crippen molar-refractivity contribution in [2.45, 2.75) is 58.5 Å². The van der Waals surface area contributed by atoms with Crippen molar-refractivity contribution in [3.8, 4) is 0 Å². The number of azide groups is 1. The predicted octanol–water partition coefficient (Wildman–Crippen LogP) is 5.74. The van der Waals surface area contributed by atoms with Crippen LogP contribution in [-0.2, 0) is 33.7 Å². The lowest BCUT2D eigenvalue weighted by molar-refractivity contribution is -0.196. The molecule has 1 saturated heterocycles. The quantitative estimate of drug-likeness (QED) is 0.195. The van der Waals surface area contributed by atoms with Gasteiger partial charge in [-0.25, -0.2) is 0 Å². The summed E-state index contributed by atoms with van der Waals surface area (Å²) in [6.07, 6.45) is 1.84. The van der Waals surface area contributed by atoms with Gasteiger partial charge in [0.25, 0.3) is 0 Å². The van der Waals surface area contributed by atoms with E-state index in [1.54, 1.807) is 0 Å². The molecule has 1 aliphatic rings. The molecule has 1 aliphatic heterocycles. The first kappa shape index (κ1) is 24.3. The number of hydrogen-bond donors (Lipinski definition) is 0. The van der Waals surface area contributed by atoms with Crippen molar-refractivity contribution >= 4 is 0 Å². The van der Waals surface area contributed by atoms with Crippen LogP contribution >= 0.6 is 0 Å². The van der Waals surface area contributed by atoms with E-state index in [1.165, 1.54) is 16.7 Å². The Morgan fingerprint density at radius 1 is 0.906 bits per heavy atom. The number of ether oxygens (including phenoxy) is 3. The zero-order chi connectivity index (χ0) is 22.8. The van der Waals surface area contributed by atoms with Crippen LogP contribution in [0.15, 0.2) is 59.7 Å². The number of nitrogens with zero attached hydrogens (tertiary/aromatic N) is 3. The third-order valence-corrected chi connectivity index (χ3v) is 6.48. The van der Waals surface area contributed by atoms with Crippen LogP contribution in [0.5, 0.6) is 0 Å². The Hall–Kier alpha value is -2.37. The molecule has 6 nitrogen and oxygen atoms in total. The van der Waals surface area contributed by atoms with Gasteiger partial charge in [-0.05, 0) is 53.8 Å². The number of hydrogen-bond acceptors (Lipinski definition) is 4. The topological polar surface area (TPSA) is 76.5 Å². The molecule has 172 valence electrons. The van der Waals surface area contributed by atoms with Crippen LogP contribution in [0.25, 0.3) is 10.4 Å². The Morgan fingerprint density at radius 3 is 2.28 bits per heavy atom. The standard InChI is InChI=1S/C26H35N3O3/c1-19-20(2)26(31-17-24-7-5-4-6-8-24)21(3)32-25(19)18-30-16-14-23-11-9-22(10-12-23)13-15-28-29-27/h4-12,19-21,25-26H,13-18H2,1-3H3/t19-,20-,21?,25?,26?/m0/s1. The Morgan fingerprint density at radius 2 is 1.59 bits per heavy atom. The van der Waals surface area contributed by atoms with Crippen molar-refractivity contribution in [3.63, 3.8) is 0 Å². The Bertz CT molecular complexity index is 852. The van der Waals surface area contributed by atoms with Gasteiger partial charge in [-0.2, -0.15) is 0 Å². The van der Waals surface area contributed by atoms with Crippen LogP contribution in [-0.4, -0.2) is 38.1 Å². The fourth-order valence-corrected chi connectivity index (χ4v) is 4.27. The lowest BCUT2D eigenvalue weighted by atomic mass is 9.81. The minimum Gasteiger partial charge on any atom is -0.378 e. The Kier molecular flexibility index (Phi) is 9.57. The molecular formula is C26H35N3O3. The third-order valence-electron chi connectivity index (χ3n) is 6.48. The first-order valence-electron chi connectivity index (χ1n) is 11.6. The average molecular weight is 438 g/mol. The van der Waals surface area contributed by atoms with Gasteiger partial charge < -0.3 is 14.2 Å². The molecule has 3 rings (SSSR count). The van der Waals surface area contributed by atoms with E-state index in [0.29, 0.717) is 38.2 Å². The Balaban J connectivity index is 1.39. The summed E-state index contributed by atoms with van der Waals surface area (Å²) >= 11 is 0. The zero-order valence-corrected chi connectivity index (χ0v) is 19.4. The van der Waals surface area contributed by atoms with Crippen LogP contribution in [0.4, 0.5) is 0 Å². The molecule has 0 spiro atoms. The van der Waals surface area contributed by atoms with Gasteiger partial charge >= 0.3 is 0 Å². The SMILES string of the molecule is CC1OC(COCCc2ccc(CCN=[N+]=[N-])cc2)[C@@H](C)[C@H](C)C1OCc1ccccc1. The molecular weight excluding hydrogens is 402 g/mol. The van der Waals surface area contributed by atoms with Crippen molar-refractivity contribution in [2.24, 2.45) is 17.0 Å². The zero-order valence-electron chi connectivity index (χ0n) is 19.4. The summed E-state index contributed by atoms with van der Waals surface area (Å²) in [4.78, 5) is 2.79. The monoisotopic (exact) mass is 437 g/mol. The fraction of sp³-hybridized carbons (Fsp3) is 0.538. The van der Waals surface area contributed by atoms with Crippen LogP contribution in [0, 0.1) is 11.8 Å². The maximum absolute atomic E-state index is 8.36. The van der Waals surface area contributed by atoms with Crippen LogP contribution in [0.1, 0.15) is 37.5 Å². The van der Waals surface area contributed by atoms with Gasteiger partial charge in [0, 0.05) is 11.5 Å². The predicted molar refractivity (Wildman–Crippen MR) is 126 cm³/mol. The highest BCUT2D eigenvalue weighted by atomic mass is 16.6. The fourth-order valence-electron chi connectivity index (χ4n) is 4.27. The van der Waals surface area contributed by atoms with Gasteiger partial charge in [-0.15, -0.1) is 0 Å². The third kappa shape index (κ3) is 7.07. The molecule has 32 heavy (non-hydrogen) atoms. The summed E-state index contributed by atoms with van der Waals surface area (Å²) in [5.41, 5.74) is 12.0. The van der Waals surface area contributed by atoms with E-state index in [-0.39, 0.29) is 18.3 Å². The van der Waals surface area contributed by atoms with E-state index in [4.69, 9.17) is 19.7 Å². The van der Waals surface area contributed by atoms with Crippen molar-refractivity contribution in [2.75, 3.05) is 19.8 Å².